The van der Waals surface area contributed by atoms with Gasteiger partial charge < -0.3 is 35.1 Å². The highest BCUT2D eigenvalue weighted by molar-refractivity contribution is 6.08. The Kier molecular flexibility index (Phi) is 8.49. The second-order valence-corrected chi connectivity index (χ2v) is 12.2. The Labute approximate surface area is 277 Å². The van der Waals surface area contributed by atoms with Crippen molar-refractivity contribution in [2.75, 3.05) is 38.5 Å². The lowest BCUT2D eigenvalue weighted by Gasteiger charge is -2.14. The van der Waals surface area contributed by atoms with Crippen molar-refractivity contribution in [3.63, 3.8) is 0 Å². The number of aromatic nitrogens is 4. The summed E-state index contributed by atoms with van der Waals surface area (Å²) >= 11 is 0. The highest BCUT2D eigenvalue weighted by Crippen LogP contribution is 2.40. The van der Waals surface area contributed by atoms with E-state index in [1.54, 1.807) is 20.4 Å². The van der Waals surface area contributed by atoms with E-state index in [0.717, 1.165) is 47.2 Å². The van der Waals surface area contributed by atoms with Gasteiger partial charge in [0.1, 0.15) is 40.0 Å². The summed E-state index contributed by atoms with van der Waals surface area (Å²) in [6, 6.07) is 13.2. The number of nitrogens with zero attached hydrogens (tertiary/aromatic N) is 4. The number of methoxy groups -OCH3 is 2. The van der Waals surface area contributed by atoms with Crippen LogP contribution in [0.25, 0.3) is 33.8 Å². The molecular formula is C36H39N7O5. The maximum atomic E-state index is 13.5. The Balaban J connectivity index is 1.27. The van der Waals surface area contributed by atoms with E-state index < -0.39 is 0 Å². The van der Waals surface area contributed by atoms with Crippen molar-refractivity contribution in [1.29, 1.82) is 0 Å². The zero-order valence-electron chi connectivity index (χ0n) is 27.3. The average Bonchev–Trinajstić information content (AvgIpc) is 3.81. The molecule has 48 heavy (non-hydrogen) atoms. The third-order valence-electron chi connectivity index (χ3n) is 9.32. The normalized spacial score (nSPS) is 19.0. The molecule has 5 aromatic rings. The van der Waals surface area contributed by atoms with Crippen LogP contribution in [0, 0.1) is 0 Å². The van der Waals surface area contributed by atoms with Gasteiger partial charge in [0, 0.05) is 36.4 Å². The van der Waals surface area contributed by atoms with Crippen molar-refractivity contribution in [3.8, 4) is 22.8 Å². The van der Waals surface area contributed by atoms with Gasteiger partial charge in [-0.25, -0.2) is 9.97 Å². The number of hydrogen-bond donors (Lipinski definition) is 3. The fourth-order valence-electron chi connectivity index (χ4n) is 6.91. The molecule has 0 radical (unpaired) electrons. The van der Waals surface area contributed by atoms with Crippen molar-refractivity contribution < 1.29 is 23.8 Å². The molecule has 1 aliphatic heterocycles. The number of rotatable bonds is 5. The predicted octanol–water partition coefficient (Wildman–Crippen LogP) is 5.32. The summed E-state index contributed by atoms with van der Waals surface area (Å²) in [5.74, 6) is 2.23. The summed E-state index contributed by atoms with van der Waals surface area (Å²) in [5, 5.41) is 7.05. The minimum atomic E-state index is -0.283. The molecule has 1 aliphatic carbocycles. The van der Waals surface area contributed by atoms with Crippen LogP contribution in [0.15, 0.2) is 54.7 Å². The number of hydrogen-bond acceptors (Lipinski definition) is 8. The molecule has 1 saturated carbocycles. The summed E-state index contributed by atoms with van der Waals surface area (Å²) in [4.78, 5) is 35.9. The minimum absolute atomic E-state index is 0.00766. The van der Waals surface area contributed by atoms with Crippen molar-refractivity contribution in [3.05, 3.63) is 71.9 Å². The SMILES string of the molecule is COc1cc(-c2nc3n4c(cnc(N)c24)/C=C/CCOCCC(=O)N[C@@H]2CC[C@@H]3C2)ccc1NC(=O)c1cc2c(OC)cccc2n1C. The summed E-state index contributed by atoms with van der Waals surface area (Å²) in [7, 11) is 5.03. The highest BCUT2D eigenvalue weighted by atomic mass is 16.5. The molecule has 0 unspecified atom stereocenters. The number of ether oxygens (including phenoxy) is 3. The fourth-order valence-corrected chi connectivity index (χ4v) is 6.91. The molecular weight excluding hydrogens is 610 g/mol. The number of carbonyl (C=O) groups excluding carboxylic acids is 2. The molecule has 248 valence electrons. The van der Waals surface area contributed by atoms with Crippen LogP contribution in [0.1, 0.15) is 60.0 Å². The summed E-state index contributed by atoms with van der Waals surface area (Å²) in [6.07, 6.45) is 9.37. The quantitative estimate of drug-likeness (QED) is 0.232. The average molecular weight is 650 g/mol. The van der Waals surface area contributed by atoms with Gasteiger partial charge in [-0.2, -0.15) is 0 Å². The van der Waals surface area contributed by atoms with E-state index in [1.807, 2.05) is 66.2 Å². The number of anilines is 2. The van der Waals surface area contributed by atoms with Crippen LogP contribution in [-0.2, 0) is 16.6 Å². The van der Waals surface area contributed by atoms with E-state index in [1.165, 1.54) is 0 Å². The molecule has 2 aliphatic rings. The van der Waals surface area contributed by atoms with Crippen molar-refractivity contribution >= 4 is 45.8 Å². The Morgan fingerprint density at radius 3 is 2.79 bits per heavy atom. The van der Waals surface area contributed by atoms with E-state index in [2.05, 4.69) is 20.0 Å². The van der Waals surface area contributed by atoms with Gasteiger partial charge in [-0.05, 0) is 62.1 Å². The van der Waals surface area contributed by atoms with E-state index in [4.69, 9.17) is 24.9 Å². The molecule has 3 aromatic heterocycles. The van der Waals surface area contributed by atoms with E-state index >= 15 is 0 Å². The van der Waals surface area contributed by atoms with Crippen LogP contribution in [0.3, 0.4) is 0 Å². The number of nitrogens with one attached hydrogen (secondary N) is 2. The Bertz CT molecular complexity index is 2060. The number of amides is 2. The highest BCUT2D eigenvalue weighted by Gasteiger charge is 2.32. The van der Waals surface area contributed by atoms with Crippen molar-refractivity contribution in [2.24, 2.45) is 7.05 Å². The first-order valence-electron chi connectivity index (χ1n) is 16.2. The number of nitrogens with two attached hydrogens (primary N) is 1. The number of aryl methyl sites for hydroxylation is 1. The predicted molar refractivity (Wildman–Crippen MR) is 184 cm³/mol. The molecule has 1 fully saturated rings. The first-order valence-corrected chi connectivity index (χ1v) is 16.2. The van der Waals surface area contributed by atoms with Gasteiger partial charge in [0.25, 0.3) is 5.91 Å². The largest absolute Gasteiger partial charge is 0.496 e. The molecule has 2 amide bonds. The smallest absolute Gasteiger partial charge is 0.272 e. The van der Waals surface area contributed by atoms with Gasteiger partial charge in [0.2, 0.25) is 5.91 Å². The van der Waals surface area contributed by atoms with Crippen LogP contribution in [-0.4, -0.2) is 64.2 Å². The van der Waals surface area contributed by atoms with Crippen LogP contribution >= 0.6 is 0 Å². The van der Waals surface area contributed by atoms with Crippen molar-refractivity contribution in [1.82, 2.24) is 24.3 Å². The number of carbonyl (C=O) groups is 2. The van der Waals surface area contributed by atoms with Crippen molar-refractivity contribution in [2.45, 2.75) is 44.1 Å². The van der Waals surface area contributed by atoms with Gasteiger partial charge in [-0.3, -0.25) is 14.0 Å². The Hall–Kier alpha value is -5.36. The van der Waals surface area contributed by atoms with Gasteiger partial charge in [-0.1, -0.05) is 18.2 Å². The molecule has 7 rings (SSSR count). The third-order valence-corrected chi connectivity index (χ3v) is 9.32. The monoisotopic (exact) mass is 649 g/mol. The number of imidazole rings is 1. The standard InChI is InChI=1S/C36H39N7O5/c1-42-27-8-6-9-29(46-2)25(27)19-28(42)36(45)40-26-13-11-21(18-30(26)47-3)32-33-34(37)38-20-24-7-4-5-15-48-16-14-31(44)39-23-12-10-22(17-23)35(41-32)43(24)33/h4,6-9,11,13,18-20,22-23H,5,10,12,14-17H2,1-3H3,(H2,37,38)(H,39,44)(H,40,45)/b7-4+/t22-,23-/m1/s1. The van der Waals surface area contributed by atoms with Crippen LogP contribution in [0.4, 0.5) is 11.5 Å². The lowest BCUT2D eigenvalue weighted by Crippen LogP contribution is -2.33. The molecule has 0 saturated heterocycles. The summed E-state index contributed by atoms with van der Waals surface area (Å²) < 4.78 is 20.9. The molecule has 12 nitrogen and oxygen atoms in total. The number of fused-ring (bicyclic) bond motifs is 4. The topological polar surface area (TPSA) is 147 Å². The minimum Gasteiger partial charge on any atom is -0.496 e. The Morgan fingerprint density at radius 1 is 1.10 bits per heavy atom. The zero-order valence-corrected chi connectivity index (χ0v) is 27.3. The van der Waals surface area contributed by atoms with E-state index in [0.29, 0.717) is 66.0 Å². The zero-order chi connectivity index (χ0) is 33.4. The maximum Gasteiger partial charge on any atom is 0.272 e. The molecule has 12 heteroatoms. The lowest BCUT2D eigenvalue weighted by molar-refractivity contribution is -0.122. The second kappa shape index (κ2) is 13.0. The van der Waals surface area contributed by atoms with Gasteiger partial charge >= 0.3 is 0 Å². The summed E-state index contributed by atoms with van der Waals surface area (Å²) in [6.45, 7) is 0.916. The third kappa shape index (κ3) is 5.72. The molecule has 2 atom stereocenters. The van der Waals surface area contributed by atoms with Gasteiger partial charge in [0.15, 0.2) is 0 Å². The number of benzene rings is 2. The second-order valence-electron chi connectivity index (χ2n) is 12.2. The van der Waals surface area contributed by atoms with E-state index in [-0.39, 0.29) is 23.8 Å². The number of nitrogen functional groups attached to an aromatic ring is 1. The Morgan fingerprint density at radius 2 is 1.96 bits per heavy atom. The maximum absolute atomic E-state index is 13.5. The lowest BCUT2D eigenvalue weighted by atomic mass is 10.1. The fraction of sp³-hybridized carbons (Fsp3) is 0.333. The first kappa shape index (κ1) is 31.3. The molecule has 4 N–H and O–H groups in total. The molecule has 2 bridgehead atoms. The van der Waals surface area contributed by atoms with Gasteiger partial charge in [0.05, 0.1) is 50.5 Å². The van der Waals surface area contributed by atoms with Crippen LogP contribution in [0.5, 0.6) is 11.5 Å². The van der Waals surface area contributed by atoms with Gasteiger partial charge in [-0.15, -0.1) is 0 Å². The molecule has 2 aromatic carbocycles. The molecule has 4 heterocycles. The van der Waals surface area contributed by atoms with E-state index in [9.17, 15) is 9.59 Å². The molecule has 0 spiro atoms. The summed E-state index contributed by atoms with van der Waals surface area (Å²) in [5.41, 5.74) is 11.4. The first-order chi connectivity index (χ1) is 23.4. The van der Waals surface area contributed by atoms with Crippen LogP contribution in [0.2, 0.25) is 0 Å². The van der Waals surface area contributed by atoms with Crippen LogP contribution < -0.4 is 25.8 Å².